The molecule has 0 fully saturated rings. The second-order valence-corrected chi connectivity index (χ2v) is 3.32. The van der Waals surface area contributed by atoms with E-state index in [1.165, 1.54) is 12.8 Å². The number of likely N-dealkylation sites (N-methyl/N-ethyl adjacent to an activating group) is 2. The molecule has 0 atom stereocenters. The SMILES string of the molecule is CCC.CCC.CNCCN(C)C. The summed E-state index contributed by atoms with van der Waals surface area (Å²) in [5.41, 5.74) is 0. The van der Waals surface area contributed by atoms with Gasteiger partial charge in [0, 0.05) is 13.1 Å². The van der Waals surface area contributed by atoms with Crippen LogP contribution in [0.25, 0.3) is 0 Å². The van der Waals surface area contributed by atoms with E-state index in [9.17, 15) is 0 Å². The zero-order valence-electron chi connectivity index (χ0n) is 10.8. The number of hydrogen-bond donors (Lipinski definition) is 1. The van der Waals surface area contributed by atoms with E-state index in [4.69, 9.17) is 0 Å². The molecule has 0 aliphatic heterocycles. The van der Waals surface area contributed by atoms with Gasteiger partial charge in [-0.25, -0.2) is 0 Å². The van der Waals surface area contributed by atoms with E-state index < -0.39 is 0 Å². The minimum atomic E-state index is 1.08. The molecule has 0 unspecified atom stereocenters. The van der Waals surface area contributed by atoms with Crippen LogP contribution in [0.3, 0.4) is 0 Å². The van der Waals surface area contributed by atoms with Crippen molar-refractivity contribution in [1.29, 1.82) is 0 Å². The van der Waals surface area contributed by atoms with Crippen molar-refractivity contribution in [3.05, 3.63) is 0 Å². The van der Waals surface area contributed by atoms with Gasteiger partial charge in [0.25, 0.3) is 0 Å². The minimum Gasteiger partial charge on any atom is -0.318 e. The van der Waals surface area contributed by atoms with Crippen LogP contribution in [0.4, 0.5) is 0 Å². The third-order valence-electron chi connectivity index (χ3n) is 0.809. The first kappa shape index (κ1) is 18.7. The van der Waals surface area contributed by atoms with Gasteiger partial charge < -0.3 is 10.2 Å². The molecule has 2 heteroatoms. The molecule has 0 amide bonds. The van der Waals surface area contributed by atoms with Crippen LogP contribution < -0.4 is 5.32 Å². The lowest BCUT2D eigenvalue weighted by Gasteiger charge is -2.06. The fourth-order valence-corrected chi connectivity index (χ4v) is 0.335. The van der Waals surface area contributed by atoms with Crippen LogP contribution in [0.15, 0.2) is 0 Å². The fraction of sp³-hybridized carbons (Fsp3) is 1.00. The molecule has 0 heterocycles. The van der Waals surface area contributed by atoms with Gasteiger partial charge in [-0.2, -0.15) is 0 Å². The maximum absolute atomic E-state index is 3.06. The molecule has 0 rings (SSSR count). The van der Waals surface area contributed by atoms with Crippen LogP contribution in [0, 0.1) is 0 Å². The second kappa shape index (κ2) is 22.7. The van der Waals surface area contributed by atoms with Gasteiger partial charge in [-0.3, -0.25) is 0 Å². The van der Waals surface area contributed by atoms with E-state index in [0.29, 0.717) is 0 Å². The Morgan fingerprint density at radius 1 is 0.923 bits per heavy atom. The Hall–Kier alpha value is -0.0800. The molecule has 0 aromatic rings. The summed E-state index contributed by atoms with van der Waals surface area (Å²) in [4.78, 5) is 2.15. The van der Waals surface area contributed by atoms with E-state index in [1.807, 2.05) is 7.05 Å². The van der Waals surface area contributed by atoms with Crippen LogP contribution in [-0.4, -0.2) is 39.1 Å². The minimum absolute atomic E-state index is 1.08. The van der Waals surface area contributed by atoms with Crippen molar-refractivity contribution in [1.82, 2.24) is 10.2 Å². The molecule has 0 spiro atoms. The standard InChI is InChI=1S/C5H14N2.2C3H8/c1-6-4-5-7(2)3;2*1-3-2/h6H,4-5H2,1-3H3;2*3H2,1-2H3. The second-order valence-electron chi connectivity index (χ2n) is 3.32. The quantitative estimate of drug-likeness (QED) is 0.736. The number of nitrogens with one attached hydrogen (secondary N) is 1. The van der Waals surface area contributed by atoms with Gasteiger partial charge in [-0.1, -0.05) is 40.5 Å². The lowest BCUT2D eigenvalue weighted by molar-refractivity contribution is 0.407. The van der Waals surface area contributed by atoms with E-state index in [1.54, 1.807) is 0 Å². The van der Waals surface area contributed by atoms with E-state index >= 15 is 0 Å². The van der Waals surface area contributed by atoms with Gasteiger partial charge in [0.05, 0.1) is 0 Å². The highest BCUT2D eigenvalue weighted by Gasteiger charge is 1.82. The molecular weight excluding hydrogens is 160 g/mol. The molecule has 13 heavy (non-hydrogen) atoms. The Labute approximate surface area is 85.7 Å². The summed E-state index contributed by atoms with van der Waals surface area (Å²) in [6, 6.07) is 0. The van der Waals surface area contributed by atoms with Crippen molar-refractivity contribution in [2.24, 2.45) is 0 Å². The zero-order chi connectivity index (χ0) is 11.1. The van der Waals surface area contributed by atoms with E-state index in [2.05, 4.69) is 52.0 Å². The number of hydrogen-bond acceptors (Lipinski definition) is 2. The van der Waals surface area contributed by atoms with Gasteiger partial charge >= 0.3 is 0 Å². The predicted octanol–water partition coefficient (Wildman–Crippen LogP) is 2.60. The average molecular weight is 190 g/mol. The summed E-state index contributed by atoms with van der Waals surface area (Å²) in [5.74, 6) is 0. The molecule has 0 saturated carbocycles. The summed E-state index contributed by atoms with van der Waals surface area (Å²) in [6.45, 7) is 10.7. The molecule has 0 bridgehead atoms. The Kier molecular flexibility index (Phi) is 32.5. The highest BCUT2D eigenvalue weighted by Crippen LogP contribution is 1.66. The molecule has 0 saturated heterocycles. The largest absolute Gasteiger partial charge is 0.318 e. The predicted molar refractivity (Wildman–Crippen MR) is 64.4 cm³/mol. The topological polar surface area (TPSA) is 15.3 Å². The van der Waals surface area contributed by atoms with Crippen LogP contribution >= 0.6 is 0 Å². The fourth-order valence-electron chi connectivity index (χ4n) is 0.335. The molecule has 0 aromatic carbocycles. The van der Waals surface area contributed by atoms with E-state index in [0.717, 1.165) is 13.1 Å². The smallest absolute Gasteiger partial charge is 0.0101 e. The first-order chi connectivity index (χ1) is 6.10. The van der Waals surface area contributed by atoms with E-state index in [-0.39, 0.29) is 0 Å². The Bertz CT molecular complexity index is 52.1. The Balaban J connectivity index is -0.000000140. The van der Waals surface area contributed by atoms with Crippen molar-refractivity contribution in [3.8, 4) is 0 Å². The molecule has 0 aromatic heterocycles. The highest BCUT2D eigenvalue weighted by atomic mass is 15.1. The lowest BCUT2D eigenvalue weighted by atomic mass is 10.6. The third-order valence-corrected chi connectivity index (χ3v) is 0.809. The van der Waals surface area contributed by atoms with Crippen LogP contribution in [0.1, 0.15) is 40.5 Å². The molecule has 84 valence electrons. The van der Waals surface area contributed by atoms with Gasteiger partial charge in [-0.05, 0) is 21.1 Å². The van der Waals surface area contributed by atoms with Gasteiger partial charge in [0.1, 0.15) is 0 Å². The Morgan fingerprint density at radius 2 is 1.23 bits per heavy atom. The average Bonchev–Trinajstić information content (AvgIpc) is 2.04. The number of nitrogens with zero attached hydrogens (tertiary/aromatic N) is 1. The van der Waals surface area contributed by atoms with Crippen molar-refractivity contribution in [2.45, 2.75) is 40.5 Å². The van der Waals surface area contributed by atoms with Gasteiger partial charge in [-0.15, -0.1) is 0 Å². The van der Waals surface area contributed by atoms with Crippen LogP contribution in [-0.2, 0) is 0 Å². The van der Waals surface area contributed by atoms with Crippen LogP contribution in [0.5, 0.6) is 0 Å². The van der Waals surface area contributed by atoms with Crippen molar-refractivity contribution >= 4 is 0 Å². The van der Waals surface area contributed by atoms with Crippen molar-refractivity contribution in [2.75, 3.05) is 34.2 Å². The summed E-state index contributed by atoms with van der Waals surface area (Å²) >= 11 is 0. The van der Waals surface area contributed by atoms with Crippen molar-refractivity contribution in [3.63, 3.8) is 0 Å². The molecule has 0 aliphatic rings. The first-order valence-corrected chi connectivity index (χ1v) is 5.39. The third kappa shape index (κ3) is 76.3. The summed E-state index contributed by atoms with van der Waals surface area (Å²) in [5, 5.41) is 3.06. The lowest BCUT2D eigenvalue weighted by Crippen LogP contribution is -2.23. The normalized spacial score (nSPS) is 8.31. The molecule has 2 nitrogen and oxygen atoms in total. The number of rotatable bonds is 3. The summed E-state index contributed by atoms with van der Waals surface area (Å²) < 4.78 is 0. The monoisotopic (exact) mass is 190 g/mol. The molecular formula is C11H30N2. The first-order valence-electron chi connectivity index (χ1n) is 5.39. The molecule has 1 N–H and O–H groups in total. The zero-order valence-corrected chi connectivity index (χ0v) is 10.8. The Morgan fingerprint density at radius 3 is 1.31 bits per heavy atom. The van der Waals surface area contributed by atoms with Gasteiger partial charge in [0.2, 0.25) is 0 Å². The van der Waals surface area contributed by atoms with Crippen LogP contribution in [0.2, 0.25) is 0 Å². The maximum Gasteiger partial charge on any atom is 0.0101 e. The highest BCUT2D eigenvalue weighted by molar-refractivity contribution is 4.42. The summed E-state index contributed by atoms with van der Waals surface area (Å²) in [7, 11) is 6.10. The molecule has 0 aliphatic carbocycles. The van der Waals surface area contributed by atoms with Crippen molar-refractivity contribution < 1.29 is 0 Å². The molecule has 0 radical (unpaired) electrons. The summed E-state index contributed by atoms with van der Waals surface area (Å²) in [6.07, 6.45) is 2.50. The van der Waals surface area contributed by atoms with Gasteiger partial charge in [0.15, 0.2) is 0 Å². The maximum atomic E-state index is 3.06.